The van der Waals surface area contributed by atoms with Gasteiger partial charge in [-0.05, 0) is 66.2 Å². The summed E-state index contributed by atoms with van der Waals surface area (Å²) in [7, 11) is 0. The maximum absolute atomic E-state index is 12.8. The molecule has 166 valence electrons. The number of halogens is 2. The smallest absolute Gasteiger partial charge is 0.345 e. The number of carbonyl (C=O) groups excluding carboxylic acids is 3. The van der Waals surface area contributed by atoms with Gasteiger partial charge < -0.3 is 4.74 Å². The fraction of sp³-hybridized carbons (Fsp3) is 0.0800. The van der Waals surface area contributed by atoms with Gasteiger partial charge in [0.1, 0.15) is 5.75 Å². The highest BCUT2D eigenvalue weighted by molar-refractivity contribution is 8.18. The number of esters is 1. The van der Waals surface area contributed by atoms with Gasteiger partial charge in [0.15, 0.2) is 0 Å². The van der Waals surface area contributed by atoms with Gasteiger partial charge >= 0.3 is 5.97 Å². The topological polar surface area (TPSA) is 63.7 Å². The van der Waals surface area contributed by atoms with Crippen molar-refractivity contribution in [1.82, 2.24) is 4.90 Å². The van der Waals surface area contributed by atoms with Crippen molar-refractivity contribution in [2.24, 2.45) is 0 Å². The average Bonchev–Trinajstić information content (AvgIpc) is 3.02. The van der Waals surface area contributed by atoms with Crippen LogP contribution < -0.4 is 4.74 Å². The van der Waals surface area contributed by atoms with Gasteiger partial charge in [0.05, 0.1) is 22.0 Å². The molecule has 0 radical (unpaired) electrons. The normalized spacial score (nSPS) is 14.8. The van der Waals surface area contributed by atoms with E-state index in [0.717, 1.165) is 22.9 Å². The maximum atomic E-state index is 12.8. The maximum Gasteiger partial charge on any atom is 0.345 e. The molecule has 1 fully saturated rings. The first-order valence-corrected chi connectivity index (χ1v) is 11.5. The average molecular weight is 498 g/mol. The molecule has 0 N–H and O–H groups in total. The number of imide groups is 1. The molecular weight excluding hydrogens is 481 g/mol. The molecule has 0 bridgehead atoms. The van der Waals surface area contributed by atoms with E-state index >= 15 is 0 Å². The Balaban J connectivity index is 1.49. The van der Waals surface area contributed by atoms with E-state index in [1.54, 1.807) is 36.4 Å². The number of benzene rings is 3. The zero-order valence-electron chi connectivity index (χ0n) is 17.4. The molecule has 33 heavy (non-hydrogen) atoms. The molecule has 1 aliphatic heterocycles. The van der Waals surface area contributed by atoms with E-state index in [2.05, 4.69) is 0 Å². The van der Waals surface area contributed by atoms with Gasteiger partial charge in [-0.25, -0.2) is 4.79 Å². The number of amides is 2. The third-order valence-corrected chi connectivity index (χ3v) is 6.31. The molecule has 1 heterocycles. The van der Waals surface area contributed by atoms with Crippen LogP contribution in [0.5, 0.6) is 5.75 Å². The van der Waals surface area contributed by atoms with Crippen LogP contribution >= 0.6 is 35.0 Å². The summed E-state index contributed by atoms with van der Waals surface area (Å²) >= 11 is 12.8. The van der Waals surface area contributed by atoms with E-state index in [0.29, 0.717) is 15.5 Å². The first kappa shape index (κ1) is 23.1. The molecule has 4 rings (SSSR count). The van der Waals surface area contributed by atoms with Crippen LogP contribution in [0.3, 0.4) is 0 Å². The third kappa shape index (κ3) is 5.47. The Morgan fingerprint density at radius 1 is 1.03 bits per heavy atom. The molecule has 0 aliphatic carbocycles. The first-order valence-electron chi connectivity index (χ1n) is 9.88. The minimum Gasteiger partial charge on any atom is -0.423 e. The van der Waals surface area contributed by atoms with Crippen LogP contribution in [0.4, 0.5) is 4.79 Å². The summed E-state index contributed by atoms with van der Waals surface area (Å²) in [6.45, 7) is 2.18. The van der Waals surface area contributed by atoms with Crippen molar-refractivity contribution in [3.05, 3.63) is 104 Å². The standard InChI is InChI=1S/C25H17Cl2NO4S/c1-15-5-7-16(8-6-15)14-28-23(29)22(33-25(28)31)12-17-3-2-4-19(11-17)32-24(30)20-10-9-18(26)13-21(20)27/h2-13H,14H2,1H3/b22-12-. The van der Waals surface area contributed by atoms with Crippen molar-refractivity contribution in [2.45, 2.75) is 13.5 Å². The first-order chi connectivity index (χ1) is 15.8. The zero-order chi connectivity index (χ0) is 23.5. The second kappa shape index (κ2) is 9.83. The van der Waals surface area contributed by atoms with E-state index in [1.807, 2.05) is 31.2 Å². The molecule has 0 unspecified atom stereocenters. The zero-order valence-corrected chi connectivity index (χ0v) is 19.7. The van der Waals surface area contributed by atoms with Crippen LogP contribution in [0.2, 0.25) is 10.0 Å². The summed E-state index contributed by atoms with van der Waals surface area (Å²) in [5, 5.41) is 0.271. The van der Waals surface area contributed by atoms with E-state index < -0.39 is 5.97 Å². The molecule has 2 amide bonds. The van der Waals surface area contributed by atoms with E-state index in [9.17, 15) is 14.4 Å². The predicted octanol–water partition coefficient (Wildman–Crippen LogP) is 6.76. The van der Waals surface area contributed by atoms with Gasteiger partial charge in [-0.3, -0.25) is 14.5 Å². The number of nitrogens with zero attached hydrogens (tertiary/aromatic N) is 1. The Morgan fingerprint density at radius 3 is 2.52 bits per heavy atom. The Hall–Kier alpha value is -3.06. The van der Waals surface area contributed by atoms with Crippen LogP contribution in [-0.4, -0.2) is 22.0 Å². The molecule has 8 heteroatoms. The molecule has 3 aromatic carbocycles. The van der Waals surface area contributed by atoms with Gasteiger partial charge in [0.25, 0.3) is 11.1 Å². The summed E-state index contributed by atoms with van der Waals surface area (Å²) < 4.78 is 5.42. The predicted molar refractivity (Wildman–Crippen MR) is 131 cm³/mol. The van der Waals surface area contributed by atoms with Crippen LogP contribution in [0.1, 0.15) is 27.0 Å². The minimum absolute atomic E-state index is 0.184. The van der Waals surface area contributed by atoms with Crippen molar-refractivity contribution in [3.8, 4) is 5.75 Å². The van der Waals surface area contributed by atoms with Crippen LogP contribution in [-0.2, 0) is 11.3 Å². The monoisotopic (exact) mass is 497 g/mol. The Labute approximate surface area is 204 Å². The Kier molecular flexibility index (Phi) is 6.88. The summed E-state index contributed by atoms with van der Waals surface area (Å²) in [5.74, 6) is -0.716. The quantitative estimate of drug-likeness (QED) is 0.221. The van der Waals surface area contributed by atoms with Crippen molar-refractivity contribution in [1.29, 1.82) is 0 Å². The fourth-order valence-corrected chi connectivity index (χ4v) is 4.47. The molecule has 0 saturated carbocycles. The summed E-state index contributed by atoms with van der Waals surface area (Å²) in [6.07, 6.45) is 1.60. The summed E-state index contributed by atoms with van der Waals surface area (Å²) in [6, 6.07) is 18.8. The van der Waals surface area contributed by atoms with Gasteiger partial charge in [0, 0.05) is 5.02 Å². The molecule has 3 aromatic rings. The van der Waals surface area contributed by atoms with Gasteiger partial charge in [-0.15, -0.1) is 0 Å². The van der Waals surface area contributed by atoms with Gasteiger partial charge in [0.2, 0.25) is 0 Å². The molecule has 1 saturated heterocycles. The minimum atomic E-state index is -0.632. The second-order valence-electron chi connectivity index (χ2n) is 7.34. The largest absolute Gasteiger partial charge is 0.423 e. The van der Waals surface area contributed by atoms with Crippen LogP contribution in [0.25, 0.3) is 6.08 Å². The highest BCUT2D eigenvalue weighted by atomic mass is 35.5. The summed E-state index contributed by atoms with van der Waals surface area (Å²) in [4.78, 5) is 39.2. The molecule has 0 atom stereocenters. The lowest BCUT2D eigenvalue weighted by atomic mass is 10.1. The number of hydrogen-bond acceptors (Lipinski definition) is 5. The van der Waals surface area contributed by atoms with Crippen molar-refractivity contribution in [3.63, 3.8) is 0 Å². The number of aryl methyl sites for hydroxylation is 1. The third-order valence-electron chi connectivity index (χ3n) is 4.85. The number of ether oxygens (including phenoxy) is 1. The number of rotatable bonds is 5. The van der Waals surface area contributed by atoms with Crippen molar-refractivity contribution in [2.75, 3.05) is 0 Å². The van der Waals surface area contributed by atoms with Crippen molar-refractivity contribution < 1.29 is 19.1 Å². The van der Waals surface area contributed by atoms with Gasteiger partial charge in [-0.1, -0.05) is 65.2 Å². The number of hydrogen-bond donors (Lipinski definition) is 0. The molecular formula is C25H17Cl2NO4S. The van der Waals surface area contributed by atoms with Crippen molar-refractivity contribution >= 4 is 58.2 Å². The number of thioether (sulfide) groups is 1. The molecule has 0 aromatic heterocycles. The van der Waals surface area contributed by atoms with Crippen LogP contribution in [0.15, 0.2) is 71.6 Å². The molecule has 0 spiro atoms. The van der Waals surface area contributed by atoms with E-state index in [-0.39, 0.29) is 34.0 Å². The lowest BCUT2D eigenvalue weighted by molar-refractivity contribution is -0.123. The Bertz CT molecular complexity index is 1290. The fourth-order valence-electron chi connectivity index (χ4n) is 3.15. The number of carbonyl (C=O) groups is 3. The molecule has 1 aliphatic rings. The Morgan fingerprint density at radius 2 is 1.79 bits per heavy atom. The summed E-state index contributed by atoms with van der Waals surface area (Å²) in [5.41, 5.74) is 2.78. The second-order valence-corrected chi connectivity index (χ2v) is 9.18. The van der Waals surface area contributed by atoms with E-state index in [1.165, 1.54) is 17.0 Å². The van der Waals surface area contributed by atoms with E-state index in [4.69, 9.17) is 27.9 Å². The van der Waals surface area contributed by atoms with Gasteiger partial charge in [-0.2, -0.15) is 0 Å². The van der Waals surface area contributed by atoms with Crippen LogP contribution in [0, 0.1) is 6.92 Å². The highest BCUT2D eigenvalue weighted by Crippen LogP contribution is 2.34. The highest BCUT2D eigenvalue weighted by Gasteiger charge is 2.35. The molecule has 5 nitrogen and oxygen atoms in total. The lowest BCUT2D eigenvalue weighted by Crippen LogP contribution is -2.27. The SMILES string of the molecule is Cc1ccc(CN2C(=O)S/C(=C\c3cccc(OC(=O)c4ccc(Cl)cc4Cl)c3)C2=O)cc1. The lowest BCUT2D eigenvalue weighted by Gasteiger charge is -2.12.